The van der Waals surface area contributed by atoms with Crippen LogP contribution in [0.3, 0.4) is 0 Å². The lowest BCUT2D eigenvalue weighted by molar-refractivity contribution is 0.650. The van der Waals surface area contributed by atoms with Gasteiger partial charge in [0.1, 0.15) is 0 Å². The molecule has 0 aliphatic heterocycles. The first-order valence-electron chi connectivity index (χ1n) is 22.8. The Labute approximate surface area is 344 Å². The smallest absolute Gasteiger partial charge is 0.0656 e. The molecule has 4 rings (SSSR count). The van der Waals surface area contributed by atoms with E-state index in [1.807, 2.05) is 0 Å². The number of benzene rings is 2. The number of hydrogen-bond acceptors (Lipinski definition) is 0. The summed E-state index contributed by atoms with van der Waals surface area (Å²) in [6.45, 7) is 24.1. The Balaban J connectivity index is 2.18. The number of unbranched alkanes of at least 4 members (excludes halogenated alkanes) is 12. The van der Waals surface area contributed by atoms with Gasteiger partial charge in [0.15, 0.2) is 0 Å². The summed E-state index contributed by atoms with van der Waals surface area (Å²) in [5.41, 5.74) is 37.1. The third kappa shape index (κ3) is 13.1. The molecule has 0 N–H and O–H groups in total. The van der Waals surface area contributed by atoms with Gasteiger partial charge in [-0.1, -0.05) is 178 Å². The van der Waals surface area contributed by atoms with E-state index in [4.69, 9.17) is 0 Å². The highest BCUT2D eigenvalue weighted by Crippen LogP contribution is 2.47. The minimum atomic E-state index is -1.72. The highest BCUT2D eigenvalue weighted by molar-refractivity contribution is 6.92. The SMILES string of the molecule is CCCCCCc1cc2c(cc1CCCCCC)=C=C=C1C(=C=C=c3cc(CCCCCC)c(CCCCCC)cc3=C=C=C=C=2)C([Si](C)(C)C)=C1[Si](C)(C)C. The Bertz CT molecular complexity index is 2090. The summed E-state index contributed by atoms with van der Waals surface area (Å²) in [4.78, 5) is 0. The number of aryl methyl sites for hydroxylation is 4. The third-order valence-electron chi connectivity index (χ3n) is 11.5. The number of hydrogen-bond donors (Lipinski definition) is 0. The van der Waals surface area contributed by atoms with Crippen molar-refractivity contribution in [1.82, 2.24) is 0 Å². The van der Waals surface area contributed by atoms with Gasteiger partial charge in [-0.2, -0.15) is 0 Å². The van der Waals surface area contributed by atoms with Gasteiger partial charge in [0.05, 0.1) is 16.1 Å². The molecule has 2 heteroatoms. The summed E-state index contributed by atoms with van der Waals surface area (Å²) in [6, 6.07) is 9.58. The standard InChI is InChI=1S/C54H74Si2/c1-11-15-19-23-29-43-39-47-33-27-28-34-48-40-44(30-24-20-16-12-2)46(32-26-22-18-14-4)42-50(48)36-38-52-51(53(55(5,6)7)54(52)56(8,9)10)37-35-49(47)41-45(43)31-25-21-17-13-3/h39-42H,11-26,29-32H2,1-10H3. The second-order valence-corrected chi connectivity index (χ2v) is 28.6. The van der Waals surface area contributed by atoms with Gasteiger partial charge in [-0.15, -0.1) is 0 Å². The van der Waals surface area contributed by atoms with Gasteiger partial charge in [-0.25, -0.2) is 0 Å². The Hall–Kier alpha value is -3.41. The van der Waals surface area contributed by atoms with Gasteiger partial charge < -0.3 is 0 Å². The van der Waals surface area contributed by atoms with E-state index in [1.165, 1.54) is 136 Å². The maximum Gasteiger partial charge on any atom is 0.0792 e. The first-order chi connectivity index (χ1) is 26.9. The zero-order chi connectivity index (χ0) is 40.6. The van der Waals surface area contributed by atoms with Crippen LogP contribution in [-0.2, 0) is 25.7 Å². The quantitative estimate of drug-likeness (QED) is 0.0634. The van der Waals surface area contributed by atoms with Crippen molar-refractivity contribution in [1.29, 1.82) is 0 Å². The van der Waals surface area contributed by atoms with Crippen LogP contribution in [0.15, 0.2) is 68.7 Å². The molecule has 56 heavy (non-hydrogen) atoms. The van der Waals surface area contributed by atoms with E-state index in [-0.39, 0.29) is 0 Å². The molecule has 0 atom stereocenters. The van der Waals surface area contributed by atoms with Gasteiger partial charge >= 0.3 is 0 Å². The maximum atomic E-state index is 3.81. The minimum absolute atomic E-state index is 1.03. The second kappa shape index (κ2) is 22.5. The van der Waals surface area contributed by atoms with Crippen molar-refractivity contribution in [3.05, 3.63) is 112 Å². The molecule has 2 aliphatic rings. The molecule has 0 fully saturated rings. The summed E-state index contributed by atoms with van der Waals surface area (Å²) < 4.78 is 0. The summed E-state index contributed by atoms with van der Waals surface area (Å²) in [5, 5.41) is 7.28. The van der Waals surface area contributed by atoms with E-state index < -0.39 is 16.1 Å². The summed E-state index contributed by atoms with van der Waals surface area (Å²) >= 11 is 0. The van der Waals surface area contributed by atoms with E-state index in [1.54, 1.807) is 10.4 Å². The molecule has 0 spiro atoms. The summed E-state index contributed by atoms with van der Waals surface area (Å²) in [5.74, 6) is 0. The predicted molar refractivity (Wildman–Crippen MR) is 251 cm³/mol. The molecule has 0 aromatic heterocycles. The average molecular weight is 779 g/mol. The molecule has 0 amide bonds. The zero-order valence-electron chi connectivity index (χ0n) is 37.5. The highest BCUT2D eigenvalue weighted by atomic mass is 28.3. The van der Waals surface area contributed by atoms with Crippen LogP contribution in [-0.4, -0.2) is 16.1 Å². The van der Waals surface area contributed by atoms with Gasteiger partial charge in [0.2, 0.25) is 0 Å². The van der Waals surface area contributed by atoms with Crippen LogP contribution in [0.25, 0.3) is 22.9 Å². The van der Waals surface area contributed by atoms with E-state index >= 15 is 0 Å². The van der Waals surface area contributed by atoms with Crippen LogP contribution in [0.4, 0.5) is 0 Å². The molecule has 0 nitrogen and oxygen atoms in total. The van der Waals surface area contributed by atoms with E-state index in [2.05, 4.69) is 137 Å². The second-order valence-electron chi connectivity index (χ2n) is 18.6. The fraction of sp³-hybridized carbons (Fsp3) is 0.556. The Morgan fingerprint density at radius 3 is 0.857 bits per heavy atom. The highest BCUT2D eigenvalue weighted by Gasteiger charge is 2.43. The normalized spacial score (nSPS) is 13.4. The van der Waals surface area contributed by atoms with Crippen LogP contribution in [0.5, 0.6) is 0 Å². The molecule has 0 saturated heterocycles. The molecule has 0 unspecified atom stereocenters. The first-order valence-corrected chi connectivity index (χ1v) is 29.8. The Kier molecular flexibility index (Phi) is 18.2. The lowest BCUT2D eigenvalue weighted by atomic mass is 9.94. The van der Waals surface area contributed by atoms with E-state index in [0.29, 0.717) is 0 Å². The molecular weight excluding hydrogens is 705 g/mol. The largest absolute Gasteiger partial charge is 0.0792 e. The minimum Gasteiger partial charge on any atom is -0.0656 e. The van der Waals surface area contributed by atoms with Crippen molar-refractivity contribution in [3.63, 3.8) is 0 Å². The summed E-state index contributed by atoms with van der Waals surface area (Å²) in [7, 11) is -3.43. The molecule has 0 saturated carbocycles. The van der Waals surface area contributed by atoms with Crippen molar-refractivity contribution in [2.24, 2.45) is 0 Å². The fourth-order valence-corrected chi connectivity index (χ4v) is 14.2. The first kappa shape index (κ1) is 45.3. The molecule has 0 radical (unpaired) electrons. The van der Waals surface area contributed by atoms with Crippen LogP contribution < -0.4 is 20.9 Å². The van der Waals surface area contributed by atoms with Crippen LogP contribution in [0, 0.1) is 0 Å². The molecule has 0 heterocycles. The van der Waals surface area contributed by atoms with Gasteiger partial charge in [0.25, 0.3) is 0 Å². The van der Waals surface area contributed by atoms with E-state index in [0.717, 1.165) is 46.6 Å². The third-order valence-corrected chi connectivity index (χ3v) is 15.7. The lowest BCUT2D eigenvalue weighted by Crippen LogP contribution is -2.41. The fourth-order valence-electron chi connectivity index (χ4n) is 8.34. The zero-order valence-corrected chi connectivity index (χ0v) is 39.5. The van der Waals surface area contributed by atoms with Crippen molar-refractivity contribution in [2.75, 3.05) is 0 Å². The van der Waals surface area contributed by atoms with Gasteiger partial charge in [-0.05, 0) is 120 Å². The Morgan fingerprint density at radius 1 is 0.339 bits per heavy atom. The number of fused-ring (bicyclic) bond motifs is 3. The molecular formula is C54H74Si2. The monoisotopic (exact) mass is 779 g/mol. The number of allylic oxidation sites excluding steroid dienone is 4. The van der Waals surface area contributed by atoms with E-state index in [9.17, 15) is 0 Å². The van der Waals surface area contributed by atoms with Crippen molar-refractivity contribution >= 4 is 39.1 Å². The van der Waals surface area contributed by atoms with Crippen LogP contribution >= 0.6 is 0 Å². The van der Waals surface area contributed by atoms with Crippen LogP contribution in [0.2, 0.25) is 39.3 Å². The number of rotatable bonds is 22. The maximum absolute atomic E-state index is 3.81. The Morgan fingerprint density at radius 2 is 0.607 bits per heavy atom. The van der Waals surface area contributed by atoms with Gasteiger partial charge in [0, 0.05) is 32.0 Å². The predicted octanol–water partition coefficient (Wildman–Crippen LogP) is 12.5. The lowest BCUT2D eigenvalue weighted by Gasteiger charge is -2.41. The molecule has 2 aromatic rings. The van der Waals surface area contributed by atoms with Crippen molar-refractivity contribution < 1.29 is 0 Å². The average Bonchev–Trinajstić information content (AvgIpc) is 3.13. The summed E-state index contributed by atoms with van der Waals surface area (Å²) in [6.07, 6.45) is 24.7. The van der Waals surface area contributed by atoms with Crippen LogP contribution in [0.1, 0.15) is 153 Å². The van der Waals surface area contributed by atoms with Crippen molar-refractivity contribution in [2.45, 2.75) is 195 Å². The molecule has 0 bridgehead atoms. The molecule has 2 aliphatic carbocycles. The van der Waals surface area contributed by atoms with Gasteiger partial charge in [-0.3, -0.25) is 0 Å². The van der Waals surface area contributed by atoms with Crippen molar-refractivity contribution in [3.8, 4) is 0 Å². The molecule has 2 aromatic carbocycles. The molecule has 298 valence electrons. The topological polar surface area (TPSA) is 0 Å².